The maximum Gasteiger partial charge on any atom is 0.260 e. The van der Waals surface area contributed by atoms with Gasteiger partial charge in [0.25, 0.3) is 5.56 Å². The molecule has 3 heterocycles. The fourth-order valence-electron chi connectivity index (χ4n) is 3.62. The van der Waals surface area contributed by atoms with E-state index in [1.54, 1.807) is 7.11 Å². The summed E-state index contributed by atoms with van der Waals surface area (Å²) in [6, 6.07) is 19.5. The van der Waals surface area contributed by atoms with Crippen LogP contribution in [-0.4, -0.2) is 21.1 Å². The summed E-state index contributed by atoms with van der Waals surface area (Å²) < 4.78 is 10.2. The van der Waals surface area contributed by atoms with Crippen molar-refractivity contribution in [2.45, 2.75) is 6.54 Å². The number of hydrogen-bond donors (Lipinski definition) is 0. The summed E-state index contributed by atoms with van der Waals surface area (Å²) in [7, 11) is 1.65. The molecule has 5 nitrogen and oxygen atoms in total. The molecule has 2 aromatic carbocycles. The van der Waals surface area contributed by atoms with Crippen molar-refractivity contribution in [2.75, 3.05) is 7.11 Å². The predicted molar refractivity (Wildman–Crippen MR) is 119 cm³/mol. The van der Waals surface area contributed by atoms with Crippen molar-refractivity contribution in [3.8, 4) is 5.75 Å². The van der Waals surface area contributed by atoms with Crippen molar-refractivity contribution in [3.63, 3.8) is 0 Å². The number of methoxy groups -OCH3 is 1. The largest absolute Gasteiger partial charge is 0.497 e. The Morgan fingerprint density at radius 2 is 1.75 bits per heavy atom. The fraction of sp³-hybridized carbons (Fsp3) is 0.0909. The van der Waals surface area contributed by atoms with E-state index in [-0.39, 0.29) is 5.56 Å². The van der Waals surface area contributed by atoms with Crippen LogP contribution in [0.15, 0.2) is 71.7 Å². The number of rotatable bonds is 3. The standard InChI is InChI=1S/C22H16IN3O2/c1-28-16-9-6-14(7-10-16)12-26-21-20(17-4-2-3-5-18(17)22(26)27)24-19-11-8-15(23)13-25(19)21/h2-11,13H,12H2,1H3. The molecule has 0 saturated heterocycles. The molecule has 0 spiro atoms. The highest BCUT2D eigenvalue weighted by atomic mass is 127. The van der Waals surface area contributed by atoms with Crippen LogP contribution in [0.4, 0.5) is 0 Å². The Bertz CT molecular complexity index is 1400. The van der Waals surface area contributed by atoms with E-state index in [1.807, 2.05) is 75.8 Å². The number of imidazole rings is 1. The third kappa shape index (κ3) is 2.67. The van der Waals surface area contributed by atoms with Gasteiger partial charge in [0.2, 0.25) is 0 Å². The Morgan fingerprint density at radius 3 is 2.50 bits per heavy atom. The van der Waals surface area contributed by atoms with E-state index >= 15 is 0 Å². The summed E-state index contributed by atoms with van der Waals surface area (Å²) in [5.74, 6) is 0.795. The van der Waals surface area contributed by atoms with E-state index in [0.29, 0.717) is 11.9 Å². The number of benzene rings is 2. The molecule has 0 saturated carbocycles. The molecule has 6 heteroatoms. The van der Waals surface area contributed by atoms with Gasteiger partial charge in [0.05, 0.1) is 13.7 Å². The number of pyridine rings is 2. The smallest absolute Gasteiger partial charge is 0.260 e. The van der Waals surface area contributed by atoms with Crippen LogP contribution < -0.4 is 10.3 Å². The first-order valence-electron chi connectivity index (χ1n) is 8.87. The second kappa shape index (κ2) is 6.63. The van der Waals surface area contributed by atoms with Crippen LogP contribution in [0.2, 0.25) is 0 Å². The minimum absolute atomic E-state index is 0.0143. The molecule has 5 rings (SSSR count). The van der Waals surface area contributed by atoms with Crippen molar-refractivity contribution >= 4 is 50.2 Å². The van der Waals surface area contributed by atoms with Crippen molar-refractivity contribution in [3.05, 3.63) is 86.3 Å². The van der Waals surface area contributed by atoms with Crippen molar-refractivity contribution in [2.24, 2.45) is 0 Å². The van der Waals surface area contributed by atoms with Gasteiger partial charge in [-0.3, -0.25) is 13.8 Å². The summed E-state index contributed by atoms with van der Waals surface area (Å²) in [6.45, 7) is 0.462. The molecular formula is C22H16IN3O2. The average molecular weight is 481 g/mol. The number of hydrogen-bond acceptors (Lipinski definition) is 3. The molecule has 0 bridgehead atoms. The lowest BCUT2D eigenvalue weighted by atomic mass is 10.1. The molecule has 0 aliphatic carbocycles. The van der Waals surface area contributed by atoms with Crippen LogP contribution in [0.3, 0.4) is 0 Å². The van der Waals surface area contributed by atoms with Gasteiger partial charge in [-0.25, -0.2) is 4.98 Å². The van der Waals surface area contributed by atoms with Crippen molar-refractivity contribution in [1.82, 2.24) is 14.0 Å². The van der Waals surface area contributed by atoms with Crippen LogP contribution in [-0.2, 0) is 6.54 Å². The zero-order valence-electron chi connectivity index (χ0n) is 15.1. The highest BCUT2D eigenvalue weighted by Crippen LogP contribution is 2.25. The molecule has 0 aliphatic rings. The lowest BCUT2D eigenvalue weighted by Crippen LogP contribution is -2.22. The molecule has 0 unspecified atom stereocenters. The van der Waals surface area contributed by atoms with Crippen LogP contribution in [0, 0.1) is 3.57 Å². The molecule has 0 aliphatic heterocycles. The Kier molecular flexibility index (Phi) is 4.08. The Balaban J connectivity index is 1.86. The first kappa shape index (κ1) is 17.2. The molecule has 0 atom stereocenters. The Hall–Kier alpha value is -2.87. The summed E-state index contributed by atoms with van der Waals surface area (Å²) in [4.78, 5) is 18.2. The third-order valence-corrected chi connectivity index (χ3v) is 5.61. The van der Waals surface area contributed by atoms with Gasteiger partial charge >= 0.3 is 0 Å². The van der Waals surface area contributed by atoms with E-state index in [2.05, 4.69) is 22.6 Å². The van der Waals surface area contributed by atoms with E-state index in [1.165, 1.54) is 0 Å². The summed E-state index contributed by atoms with van der Waals surface area (Å²) >= 11 is 2.28. The van der Waals surface area contributed by atoms with Gasteiger partial charge in [0, 0.05) is 20.5 Å². The Morgan fingerprint density at radius 1 is 1.00 bits per heavy atom. The van der Waals surface area contributed by atoms with Crippen molar-refractivity contribution in [1.29, 1.82) is 0 Å². The molecule has 0 N–H and O–H groups in total. The second-order valence-electron chi connectivity index (χ2n) is 6.64. The molecular weight excluding hydrogens is 465 g/mol. The van der Waals surface area contributed by atoms with Gasteiger partial charge in [-0.1, -0.05) is 30.3 Å². The predicted octanol–water partition coefficient (Wildman–Crippen LogP) is 4.46. The lowest BCUT2D eigenvalue weighted by molar-refractivity contribution is 0.414. The van der Waals surface area contributed by atoms with Crippen LogP contribution in [0.1, 0.15) is 5.56 Å². The van der Waals surface area contributed by atoms with Crippen LogP contribution in [0.25, 0.3) is 27.6 Å². The first-order valence-corrected chi connectivity index (χ1v) is 9.95. The minimum Gasteiger partial charge on any atom is -0.497 e. The van der Waals surface area contributed by atoms with Crippen LogP contribution >= 0.6 is 22.6 Å². The average Bonchev–Trinajstić information content (AvgIpc) is 3.10. The quantitative estimate of drug-likeness (QED) is 0.358. The zero-order chi connectivity index (χ0) is 19.3. The molecule has 5 aromatic rings. The van der Waals surface area contributed by atoms with E-state index in [4.69, 9.17) is 9.72 Å². The monoisotopic (exact) mass is 481 g/mol. The van der Waals surface area contributed by atoms with Crippen molar-refractivity contribution < 1.29 is 4.74 Å². The molecule has 3 aromatic heterocycles. The summed E-state index contributed by atoms with van der Waals surface area (Å²) in [6.07, 6.45) is 2.02. The number of nitrogens with zero attached hydrogens (tertiary/aromatic N) is 3. The molecule has 0 fully saturated rings. The summed E-state index contributed by atoms with van der Waals surface area (Å²) in [5, 5.41) is 1.56. The van der Waals surface area contributed by atoms with E-state index in [9.17, 15) is 4.79 Å². The third-order valence-electron chi connectivity index (χ3n) is 4.97. The minimum atomic E-state index is -0.0143. The van der Waals surface area contributed by atoms with Gasteiger partial charge < -0.3 is 4.74 Å². The Labute approximate surface area is 174 Å². The maximum atomic E-state index is 13.4. The van der Waals surface area contributed by atoms with Crippen LogP contribution in [0.5, 0.6) is 5.75 Å². The first-order chi connectivity index (χ1) is 13.7. The summed E-state index contributed by atoms with van der Waals surface area (Å²) in [5.41, 5.74) is 3.49. The van der Waals surface area contributed by atoms with Gasteiger partial charge in [-0.15, -0.1) is 0 Å². The molecule has 0 amide bonds. The second-order valence-corrected chi connectivity index (χ2v) is 7.89. The number of aromatic nitrogens is 3. The van der Waals surface area contributed by atoms with Gasteiger partial charge in [0.1, 0.15) is 22.6 Å². The highest BCUT2D eigenvalue weighted by Gasteiger charge is 2.16. The van der Waals surface area contributed by atoms with E-state index < -0.39 is 0 Å². The molecule has 28 heavy (non-hydrogen) atoms. The highest BCUT2D eigenvalue weighted by molar-refractivity contribution is 14.1. The molecule has 138 valence electrons. The fourth-order valence-corrected chi connectivity index (χ4v) is 4.08. The number of halogens is 1. The van der Waals surface area contributed by atoms with Gasteiger partial charge in [-0.2, -0.15) is 0 Å². The van der Waals surface area contributed by atoms with E-state index in [0.717, 1.165) is 37.1 Å². The normalized spacial score (nSPS) is 11.5. The number of fused-ring (bicyclic) bond motifs is 5. The maximum absolute atomic E-state index is 13.4. The molecule has 0 radical (unpaired) electrons. The number of ether oxygens (including phenoxy) is 1. The van der Waals surface area contributed by atoms with Gasteiger partial charge in [0.15, 0.2) is 0 Å². The van der Waals surface area contributed by atoms with Gasteiger partial charge in [-0.05, 0) is 58.5 Å². The topological polar surface area (TPSA) is 48.5 Å². The lowest BCUT2D eigenvalue weighted by Gasteiger charge is -2.11. The zero-order valence-corrected chi connectivity index (χ0v) is 17.3. The SMILES string of the molecule is COc1ccc(Cn2c(=O)c3ccccc3c3nc4ccc(I)cn4c32)cc1.